The molecular weight excluding hydrogens is 202 g/mol. The molecule has 1 atom stereocenters. The molecule has 0 amide bonds. The van der Waals surface area contributed by atoms with Crippen LogP contribution in [0.1, 0.15) is 38.9 Å². The minimum atomic E-state index is 0.0140. The highest BCUT2D eigenvalue weighted by Crippen LogP contribution is 2.17. The Morgan fingerprint density at radius 1 is 1.62 bits per heavy atom. The average Bonchev–Trinajstić information content (AvgIpc) is 2.71. The highest BCUT2D eigenvalue weighted by molar-refractivity contribution is 4.99. The fourth-order valence-corrected chi connectivity index (χ4v) is 1.71. The van der Waals surface area contributed by atoms with Crippen molar-refractivity contribution in [2.75, 3.05) is 13.1 Å². The van der Waals surface area contributed by atoms with Crippen LogP contribution in [0.25, 0.3) is 0 Å². The van der Waals surface area contributed by atoms with Crippen LogP contribution in [0.2, 0.25) is 0 Å². The highest BCUT2D eigenvalue weighted by atomic mass is 16.5. The Balaban J connectivity index is 1.87. The lowest BCUT2D eigenvalue weighted by atomic mass is 10.0. The fraction of sp³-hybridized carbons (Fsp3) is 0.750. The lowest BCUT2D eigenvalue weighted by Gasteiger charge is -2.38. The second-order valence-corrected chi connectivity index (χ2v) is 4.89. The average molecular weight is 223 g/mol. The largest absolute Gasteiger partial charge is 0.366 e. The Morgan fingerprint density at radius 3 is 2.94 bits per heavy atom. The second kappa shape index (κ2) is 4.55. The number of hydrogen-bond donors (Lipinski definition) is 1. The van der Waals surface area contributed by atoms with Crippen molar-refractivity contribution in [1.82, 2.24) is 15.1 Å². The van der Waals surface area contributed by atoms with Crippen LogP contribution < -0.4 is 5.32 Å². The SMILES string of the molecule is CCC(C)n1ccc(COC2(C)CNC2)n1. The summed E-state index contributed by atoms with van der Waals surface area (Å²) in [6.07, 6.45) is 3.14. The van der Waals surface area contributed by atoms with Gasteiger partial charge in [0.2, 0.25) is 0 Å². The van der Waals surface area contributed by atoms with E-state index in [-0.39, 0.29) is 5.60 Å². The molecule has 1 aliphatic heterocycles. The summed E-state index contributed by atoms with van der Waals surface area (Å²) >= 11 is 0. The summed E-state index contributed by atoms with van der Waals surface area (Å²) in [4.78, 5) is 0. The molecule has 4 nitrogen and oxygen atoms in total. The van der Waals surface area contributed by atoms with Crippen LogP contribution in [-0.4, -0.2) is 28.5 Å². The van der Waals surface area contributed by atoms with Crippen molar-refractivity contribution < 1.29 is 4.74 Å². The zero-order valence-electron chi connectivity index (χ0n) is 10.4. The van der Waals surface area contributed by atoms with Crippen molar-refractivity contribution in [1.29, 1.82) is 0 Å². The lowest BCUT2D eigenvalue weighted by molar-refractivity contribution is -0.0779. The van der Waals surface area contributed by atoms with E-state index in [1.54, 1.807) is 0 Å². The quantitative estimate of drug-likeness (QED) is 0.826. The van der Waals surface area contributed by atoms with Gasteiger partial charge in [0, 0.05) is 25.3 Å². The van der Waals surface area contributed by atoms with Gasteiger partial charge in [-0.3, -0.25) is 4.68 Å². The maximum Gasteiger partial charge on any atom is 0.0915 e. The summed E-state index contributed by atoms with van der Waals surface area (Å²) in [7, 11) is 0. The summed E-state index contributed by atoms with van der Waals surface area (Å²) in [5.74, 6) is 0. The van der Waals surface area contributed by atoms with Gasteiger partial charge in [-0.25, -0.2) is 0 Å². The molecule has 1 N–H and O–H groups in total. The van der Waals surface area contributed by atoms with Crippen LogP contribution in [0.15, 0.2) is 12.3 Å². The Kier molecular flexibility index (Phi) is 3.30. The molecule has 0 saturated carbocycles. The van der Waals surface area contributed by atoms with E-state index in [2.05, 4.69) is 31.2 Å². The van der Waals surface area contributed by atoms with Crippen LogP contribution in [0.5, 0.6) is 0 Å². The molecular formula is C12H21N3O. The second-order valence-electron chi connectivity index (χ2n) is 4.89. The van der Waals surface area contributed by atoms with Crippen molar-refractivity contribution in [3.05, 3.63) is 18.0 Å². The molecule has 90 valence electrons. The highest BCUT2D eigenvalue weighted by Gasteiger charge is 2.32. The maximum atomic E-state index is 5.84. The summed E-state index contributed by atoms with van der Waals surface area (Å²) in [6.45, 7) is 8.98. The van der Waals surface area contributed by atoms with E-state index in [0.29, 0.717) is 12.6 Å². The molecule has 0 aliphatic carbocycles. The third kappa shape index (κ3) is 2.44. The molecule has 0 spiro atoms. The van der Waals surface area contributed by atoms with Gasteiger partial charge in [-0.2, -0.15) is 5.10 Å². The van der Waals surface area contributed by atoms with Crippen molar-refractivity contribution in [3.8, 4) is 0 Å². The Labute approximate surface area is 97.0 Å². The molecule has 1 unspecified atom stereocenters. The van der Waals surface area contributed by atoms with E-state index in [1.807, 2.05) is 16.9 Å². The fourth-order valence-electron chi connectivity index (χ4n) is 1.71. The zero-order chi connectivity index (χ0) is 11.6. The Hall–Kier alpha value is -0.870. The van der Waals surface area contributed by atoms with Crippen LogP contribution in [-0.2, 0) is 11.3 Å². The number of hydrogen-bond acceptors (Lipinski definition) is 3. The molecule has 16 heavy (non-hydrogen) atoms. The van der Waals surface area contributed by atoms with Gasteiger partial charge in [-0.15, -0.1) is 0 Å². The molecule has 0 radical (unpaired) electrons. The molecule has 1 saturated heterocycles. The Bertz CT molecular complexity index is 344. The van der Waals surface area contributed by atoms with E-state index in [4.69, 9.17) is 4.74 Å². The topological polar surface area (TPSA) is 39.1 Å². The first-order chi connectivity index (χ1) is 7.63. The third-order valence-electron chi connectivity index (χ3n) is 3.27. The van der Waals surface area contributed by atoms with Crippen molar-refractivity contribution in [2.24, 2.45) is 0 Å². The smallest absolute Gasteiger partial charge is 0.0915 e. The third-order valence-corrected chi connectivity index (χ3v) is 3.27. The van der Waals surface area contributed by atoms with Gasteiger partial charge in [0.25, 0.3) is 0 Å². The predicted octanol–water partition coefficient (Wildman–Crippen LogP) is 1.73. The van der Waals surface area contributed by atoms with Gasteiger partial charge < -0.3 is 10.1 Å². The predicted molar refractivity (Wildman–Crippen MR) is 63.3 cm³/mol. The van der Waals surface area contributed by atoms with Crippen molar-refractivity contribution >= 4 is 0 Å². The molecule has 2 rings (SSSR count). The summed E-state index contributed by atoms with van der Waals surface area (Å²) in [5.41, 5.74) is 1.04. The van der Waals surface area contributed by atoms with Crippen molar-refractivity contribution in [3.63, 3.8) is 0 Å². The summed E-state index contributed by atoms with van der Waals surface area (Å²) < 4.78 is 7.85. The van der Waals surface area contributed by atoms with Crippen molar-refractivity contribution in [2.45, 2.75) is 45.4 Å². The zero-order valence-corrected chi connectivity index (χ0v) is 10.4. The van der Waals surface area contributed by atoms with Crippen LogP contribution in [0.4, 0.5) is 0 Å². The first kappa shape index (κ1) is 11.6. The van der Waals surface area contributed by atoms with E-state index in [0.717, 1.165) is 25.2 Å². The number of rotatable bonds is 5. The van der Waals surface area contributed by atoms with E-state index in [9.17, 15) is 0 Å². The van der Waals surface area contributed by atoms with E-state index >= 15 is 0 Å². The van der Waals surface area contributed by atoms with E-state index < -0.39 is 0 Å². The normalized spacial score (nSPS) is 20.4. The molecule has 2 heterocycles. The van der Waals surface area contributed by atoms with Gasteiger partial charge >= 0.3 is 0 Å². The van der Waals surface area contributed by atoms with Gasteiger partial charge in [0.05, 0.1) is 17.9 Å². The number of ether oxygens (including phenoxy) is 1. The minimum Gasteiger partial charge on any atom is -0.366 e. The molecule has 1 fully saturated rings. The number of nitrogens with one attached hydrogen (secondary N) is 1. The summed E-state index contributed by atoms with van der Waals surface area (Å²) in [5, 5.41) is 7.73. The molecule has 4 heteroatoms. The number of aromatic nitrogens is 2. The number of nitrogens with zero attached hydrogens (tertiary/aromatic N) is 2. The van der Waals surface area contributed by atoms with Crippen LogP contribution >= 0.6 is 0 Å². The lowest BCUT2D eigenvalue weighted by Crippen LogP contribution is -2.58. The molecule has 0 bridgehead atoms. The van der Waals surface area contributed by atoms with Gasteiger partial charge in [-0.1, -0.05) is 6.92 Å². The van der Waals surface area contributed by atoms with Crippen LogP contribution in [0.3, 0.4) is 0 Å². The van der Waals surface area contributed by atoms with Gasteiger partial charge in [0.1, 0.15) is 0 Å². The van der Waals surface area contributed by atoms with Gasteiger partial charge in [0.15, 0.2) is 0 Å². The first-order valence-electron chi connectivity index (χ1n) is 6.02. The van der Waals surface area contributed by atoms with E-state index in [1.165, 1.54) is 0 Å². The monoisotopic (exact) mass is 223 g/mol. The Morgan fingerprint density at radius 2 is 2.38 bits per heavy atom. The maximum absolute atomic E-state index is 5.84. The molecule has 1 aromatic rings. The molecule has 0 aromatic carbocycles. The standard InChI is InChI=1S/C12H21N3O/c1-4-10(2)15-6-5-11(14-15)7-16-12(3)8-13-9-12/h5-6,10,13H,4,7-9H2,1-3H3. The van der Waals surface area contributed by atoms with Crippen LogP contribution in [0, 0.1) is 0 Å². The molecule has 1 aliphatic rings. The molecule has 1 aromatic heterocycles. The first-order valence-corrected chi connectivity index (χ1v) is 6.02. The van der Waals surface area contributed by atoms with Gasteiger partial charge in [-0.05, 0) is 26.3 Å². The minimum absolute atomic E-state index is 0.0140. The summed E-state index contributed by atoms with van der Waals surface area (Å²) in [6, 6.07) is 2.51.